The van der Waals surface area contributed by atoms with Crippen molar-refractivity contribution in [1.82, 2.24) is 4.90 Å². The number of amides is 1. The SMILES string of the molecule is CCC1(C)CC1C(=O)N1C[C@@H](CN)[C@H](c2ccccc2)C1.Cl. The molecule has 2 N–H and O–H groups in total. The van der Waals surface area contributed by atoms with Gasteiger partial charge in [-0.3, -0.25) is 4.79 Å². The minimum atomic E-state index is 0. The van der Waals surface area contributed by atoms with Crippen LogP contribution in [0.5, 0.6) is 0 Å². The summed E-state index contributed by atoms with van der Waals surface area (Å²) in [7, 11) is 0. The van der Waals surface area contributed by atoms with Crippen molar-refractivity contribution >= 4 is 18.3 Å². The first-order valence-electron chi connectivity index (χ1n) is 8.13. The Morgan fingerprint density at radius 3 is 2.55 bits per heavy atom. The van der Waals surface area contributed by atoms with Crippen molar-refractivity contribution in [3.8, 4) is 0 Å². The molecule has 3 rings (SSSR count). The molecule has 1 aromatic rings. The van der Waals surface area contributed by atoms with E-state index in [1.807, 2.05) is 6.07 Å². The van der Waals surface area contributed by atoms with Gasteiger partial charge in [0.25, 0.3) is 0 Å². The van der Waals surface area contributed by atoms with Gasteiger partial charge in [-0.2, -0.15) is 0 Å². The van der Waals surface area contributed by atoms with Crippen LogP contribution in [0.25, 0.3) is 0 Å². The van der Waals surface area contributed by atoms with Gasteiger partial charge in [-0.1, -0.05) is 44.2 Å². The van der Waals surface area contributed by atoms with Crippen LogP contribution >= 0.6 is 12.4 Å². The van der Waals surface area contributed by atoms with E-state index < -0.39 is 0 Å². The van der Waals surface area contributed by atoms with Crippen LogP contribution in [0.4, 0.5) is 0 Å². The summed E-state index contributed by atoms with van der Waals surface area (Å²) < 4.78 is 0. The molecule has 0 aromatic heterocycles. The van der Waals surface area contributed by atoms with Crippen molar-refractivity contribution in [2.75, 3.05) is 19.6 Å². The van der Waals surface area contributed by atoms with E-state index in [1.165, 1.54) is 5.56 Å². The number of hydrogen-bond donors (Lipinski definition) is 1. The van der Waals surface area contributed by atoms with Crippen molar-refractivity contribution in [3.05, 3.63) is 35.9 Å². The van der Waals surface area contributed by atoms with E-state index in [2.05, 4.69) is 43.0 Å². The molecule has 0 radical (unpaired) electrons. The monoisotopic (exact) mass is 322 g/mol. The molecule has 1 amide bonds. The molecule has 1 saturated carbocycles. The number of likely N-dealkylation sites (tertiary alicyclic amines) is 1. The fraction of sp³-hybridized carbons (Fsp3) is 0.611. The minimum absolute atomic E-state index is 0. The number of nitrogens with two attached hydrogens (primary N) is 1. The Hall–Kier alpha value is -1.06. The van der Waals surface area contributed by atoms with Gasteiger partial charge in [0.05, 0.1) is 0 Å². The maximum atomic E-state index is 12.7. The zero-order valence-electron chi connectivity index (χ0n) is 13.5. The Bertz CT molecular complexity index is 521. The Morgan fingerprint density at radius 1 is 1.32 bits per heavy atom. The molecule has 4 heteroatoms. The Morgan fingerprint density at radius 2 is 2.00 bits per heavy atom. The first-order chi connectivity index (χ1) is 10.1. The van der Waals surface area contributed by atoms with Crippen LogP contribution in [-0.4, -0.2) is 30.4 Å². The van der Waals surface area contributed by atoms with Gasteiger partial charge in [-0.15, -0.1) is 12.4 Å². The summed E-state index contributed by atoms with van der Waals surface area (Å²) in [6.07, 6.45) is 2.15. The van der Waals surface area contributed by atoms with Crippen LogP contribution in [0.1, 0.15) is 38.2 Å². The van der Waals surface area contributed by atoms with Gasteiger partial charge in [0.1, 0.15) is 0 Å². The summed E-state index contributed by atoms with van der Waals surface area (Å²) in [6, 6.07) is 10.5. The van der Waals surface area contributed by atoms with Gasteiger partial charge in [0.15, 0.2) is 0 Å². The van der Waals surface area contributed by atoms with E-state index in [1.54, 1.807) is 0 Å². The molecule has 4 atom stereocenters. The van der Waals surface area contributed by atoms with Crippen molar-refractivity contribution < 1.29 is 4.79 Å². The van der Waals surface area contributed by atoms with E-state index in [9.17, 15) is 4.79 Å². The topological polar surface area (TPSA) is 46.3 Å². The van der Waals surface area contributed by atoms with Crippen LogP contribution in [0.2, 0.25) is 0 Å². The molecular formula is C18H27ClN2O. The summed E-state index contributed by atoms with van der Waals surface area (Å²) in [5, 5.41) is 0. The highest BCUT2D eigenvalue weighted by molar-refractivity contribution is 5.85. The van der Waals surface area contributed by atoms with E-state index in [-0.39, 0.29) is 23.7 Å². The van der Waals surface area contributed by atoms with Gasteiger partial charge >= 0.3 is 0 Å². The number of halogens is 1. The van der Waals surface area contributed by atoms with Gasteiger partial charge in [0, 0.05) is 24.9 Å². The quantitative estimate of drug-likeness (QED) is 0.926. The van der Waals surface area contributed by atoms with Crippen LogP contribution < -0.4 is 5.73 Å². The molecule has 0 spiro atoms. The van der Waals surface area contributed by atoms with Gasteiger partial charge in [0.2, 0.25) is 5.91 Å². The van der Waals surface area contributed by atoms with Gasteiger partial charge < -0.3 is 10.6 Å². The average Bonchev–Trinajstić information content (AvgIpc) is 3.03. The lowest BCUT2D eigenvalue weighted by Gasteiger charge is -2.18. The van der Waals surface area contributed by atoms with Crippen LogP contribution in [0.3, 0.4) is 0 Å². The highest BCUT2D eigenvalue weighted by atomic mass is 35.5. The number of carbonyl (C=O) groups is 1. The van der Waals surface area contributed by atoms with Crippen LogP contribution in [0, 0.1) is 17.3 Å². The third kappa shape index (κ3) is 3.02. The maximum Gasteiger partial charge on any atom is 0.226 e. The lowest BCUT2D eigenvalue weighted by Crippen LogP contribution is -2.32. The van der Waals surface area contributed by atoms with Gasteiger partial charge in [-0.25, -0.2) is 0 Å². The summed E-state index contributed by atoms with van der Waals surface area (Å²) >= 11 is 0. The predicted octanol–water partition coefficient (Wildman–Crippen LogP) is 3.05. The lowest BCUT2D eigenvalue weighted by molar-refractivity contribution is -0.132. The first-order valence-corrected chi connectivity index (χ1v) is 8.13. The molecule has 1 saturated heterocycles. The van der Waals surface area contributed by atoms with Crippen molar-refractivity contribution in [1.29, 1.82) is 0 Å². The number of carbonyl (C=O) groups excluding carboxylic acids is 1. The predicted molar refractivity (Wildman–Crippen MR) is 92.1 cm³/mol. The maximum absolute atomic E-state index is 12.7. The third-order valence-electron chi connectivity index (χ3n) is 5.74. The average molecular weight is 323 g/mol. The van der Waals surface area contributed by atoms with E-state index >= 15 is 0 Å². The highest BCUT2D eigenvalue weighted by Crippen LogP contribution is 2.56. The summed E-state index contributed by atoms with van der Waals surface area (Å²) in [5.41, 5.74) is 7.52. The third-order valence-corrected chi connectivity index (χ3v) is 5.74. The molecule has 3 nitrogen and oxygen atoms in total. The lowest BCUT2D eigenvalue weighted by atomic mass is 9.89. The fourth-order valence-electron chi connectivity index (χ4n) is 3.77. The van der Waals surface area contributed by atoms with E-state index in [4.69, 9.17) is 5.73 Å². The number of nitrogens with zero attached hydrogens (tertiary/aromatic N) is 1. The number of benzene rings is 1. The van der Waals surface area contributed by atoms with Gasteiger partial charge in [-0.05, 0) is 36.3 Å². The normalized spacial score (nSPS) is 33.4. The van der Waals surface area contributed by atoms with E-state index in [0.717, 1.165) is 25.9 Å². The zero-order chi connectivity index (χ0) is 15.0. The summed E-state index contributed by atoms with van der Waals surface area (Å²) in [4.78, 5) is 14.8. The molecule has 122 valence electrons. The molecule has 2 fully saturated rings. The molecule has 0 bridgehead atoms. The molecule has 1 heterocycles. The Labute approximate surface area is 139 Å². The molecule has 1 aliphatic heterocycles. The second-order valence-corrected chi connectivity index (χ2v) is 7.02. The standard InChI is InChI=1S/C18H26N2O.ClH/c1-3-18(2)9-16(18)17(21)20-11-14(10-19)15(12-20)13-7-5-4-6-8-13;/h4-8,14-16H,3,9-12,19H2,1-2H3;1H/t14-,15+,16?,18?;/m1./s1. The highest BCUT2D eigenvalue weighted by Gasteiger charge is 2.55. The van der Waals surface area contributed by atoms with Crippen LogP contribution in [0.15, 0.2) is 30.3 Å². The van der Waals surface area contributed by atoms with E-state index in [0.29, 0.717) is 24.3 Å². The first kappa shape index (κ1) is 17.3. The van der Waals surface area contributed by atoms with Crippen molar-refractivity contribution in [3.63, 3.8) is 0 Å². The summed E-state index contributed by atoms with van der Waals surface area (Å²) in [6.45, 7) is 6.73. The second kappa shape index (κ2) is 6.59. The molecule has 2 unspecified atom stereocenters. The fourth-order valence-corrected chi connectivity index (χ4v) is 3.77. The number of rotatable bonds is 4. The minimum Gasteiger partial charge on any atom is -0.341 e. The van der Waals surface area contributed by atoms with Crippen molar-refractivity contribution in [2.24, 2.45) is 23.0 Å². The largest absolute Gasteiger partial charge is 0.341 e. The Balaban J connectivity index is 0.00000176. The van der Waals surface area contributed by atoms with Crippen molar-refractivity contribution in [2.45, 2.75) is 32.6 Å². The molecule has 22 heavy (non-hydrogen) atoms. The number of hydrogen-bond acceptors (Lipinski definition) is 2. The van der Waals surface area contributed by atoms with Crippen LogP contribution in [-0.2, 0) is 4.79 Å². The Kier molecular flexibility index (Phi) is 5.18. The zero-order valence-corrected chi connectivity index (χ0v) is 14.3. The molecular weight excluding hydrogens is 296 g/mol. The smallest absolute Gasteiger partial charge is 0.226 e. The molecule has 2 aliphatic rings. The molecule has 1 aliphatic carbocycles. The molecule has 1 aromatic carbocycles. The second-order valence-electron chi connectivity index (χ2n) is 7.02. The summed E-state index contributed by atoms with van der Waals surface area (Å²) in [5.74, 6) is 1.39.